The second-order valence-electron chi connectivity index (χ2n) is 6.96. The molecule has 0 aliphatic rings. The molecule has 1 aromatic heterocycles. The van der Waals surface area contributed by atoms with Gasteiger partial charge in [0.05, 0.1) is 11.5 Å². The maximum absolute atomic E-state index is 13.6. The number of aliphatic carboxylic acids is 1. The van der Waals surface area contributed by atoms with Gasteiger partial charge >= 0.3 is 12.1 Å². The monoisotopic (exact) mass is 466 g/mol. The Morgan fingerprint density at radius 3 is 2.39 bits per heavy atom. The molecule has 176 valence electrons. The Balaban J connectivity index is 2.37. The van der Waals surface area contributed by atoms with Gasteiger partial charge in [0.15, 0.2) is 0 Å². The highest BCUT2D eigenvalue weighted by molar-refractivity contribution is 5.73. The van der Waals surface area contributed by atoms with Gasteiger partial charge in [-0.2, -0.15) is 18.2 Å². The maximum atomic E-state index is 13.6. The normalized spacial score (nSPS) is 14.5. The Hall–Kier alpha value is -3.73. The van der Waals surface area contributed by atoms with Crippen LogP contribution in [0.5, 0.6) is 5.88 Å². The zero-order chi connectivity index (χ0) is 24.8. The molecule has 7 nitrogen and oxygen atoms in total. The van der Waals surface area contributed by atoms with Crippen molar-refractivity contribution in [3.8, 4) is 17.1 Å². The van der Waals surface area contributed by atoms with Crippen LogP contribution in [0.1, 0.15) is 12.5 Å². The lowest BCUT2D eigenvalue weighted by atomic mass is 10.0. The lowest BCUT2D eigenvalue weighted by molar-refractivity contribution is -0.183. The molecule has 2 atom stereocenters. The van der Waals surface area contributed by atoms with Crippen molar-refractivity contribution >= 4 is 11.9 Å². The SMILES string of the molecule is C=C/C(=C\C=C(/C)F)C(Oc1cc(-c2ccc(CC(N)C(=O)O)cc2)nc(N)n1)C(F)(F)F. The average molecular weight is 466 g/mol. The summed E-state index contributed by atoms with van der Waals surface area (Å²) in [5, 5.41) is 8.90. The molecule has 0 bridgehead atoms. The molecule has 0 saturated heterocycles. The number of allylic oxidation sites excluding steroid dienone is 3. The molecular formula is C22H22F4N4O3. The van der Waals surface area contributed by atoms with Crippen LogP contribution >= 0.6 is 0 Å². The van der Waals surface area contributed by atoms with Crippen LogP contribution in [0.3, 0.4) is 0 Å². The number of alkyl halides is 3. The predicted molar refractivity (Wildman–Crippen MR) is 115 cm³/mol. The van der Waals surface area contributed by atoms with E-state index in [-0.39, 0.29) is 18.1 Å². The van der Waals surface area contributed by atoms with E-state index in [1.165, 1.54) is 6.07 Å². The van der Waals surface area contributed by atoms with Crippen molar-refractivity contribution in [2.45, 2.75) is 31.7 Å². The number of anilines is 1. The topological polar surface area (TPSA) is 124 Å². The molecule has 0 radical (unpaired) electrons. The van der Waals surface area contributed by atoms with E-state index in [2.05, 4.69) is 16.5 Å². The summed E-state index contributed by atoms with van der Waals surface area (Å²) in [7, 11) is 0. The van der Waals surface area contributed by atoms with Gasteiger partial charge in [-0.3, -0.25) is 4.79 Å². The molecule has 11 heteroatoms. The summed E-state index contributed by atoms with van der Waals surface area (Å²) in [6.45, 7) is 4.42. The number of nitrogens with zero attached hydrogens (tertiary/aromatic N) is 2. The number of aromatic nitrogens is 2. The fraction of sp³-hybridized carbons (Fsp3) is 0.227. The van der Waals surface area contributed by atoms with Crippen LogP contribution in [0.2, 0.25) is 0 Å². The third-order valence-corrected chi connectivity index (χ3v) is 4.32. The lowest BCUT2D eigenvalue weighted by Crippen LogP contribution is -2.36. The predicted octanol–water partition coefficient (Wildman–Crippen LogP) is 3.98. The van der Waals surface area contributed by atoms with Gasteiger partial charge in [0.1, 0.15) is 6.04 Å². The van der Waals surface area contributed by atoms with Crippen molar-refractivity contribution in [3.63, 3.8) is 0 Å². The second kappa shape index (κ2) is 10.7. The van der Waals surface area contributed by atoms with Crippen LogP contribution in [0, 0.1) is 0 Å². The molecule has 0 saturated carbocycles. The Kier molecular flexibility index (Phi) is 8.30. The fourth-order valence-electron chi connectivity index (χ4n) is 2.72. The molecule has 2 aromatic rings. The van der Waals surface area contributed by atoms with Gasteiger partial charge < -0.3 is 21.3 Å². The van der Waals surface area contributed by atoms with Crippen molar-refractivity contribution in [1.82, 2.24) is 9.97 Å². The van der Waals surface area contributed by atoms with Gasteiger partial charge in [-0.15, -0.1) is 0 Å². The Bertz CT molecular complexity index is 1060. The number of carboxylic acids is 1. The van der Waals surface area contributed by atoms with E-state index in [1.54, 1.807) is 24.3 Å². The number of benzene rings is 1. The molecular weight excluding hydrogens is 444 g/mol. The number of halogens is 4. The molecule has 0 spiro atoms. The van der Waals surface area contributed by atoms with Gasteiger partial charge in [0.2, 0.25) is 17.9 Å². The minimum atomic E-state index is -4.86. The quantitative estimate of drug-likeness (QED) is 0.377. The molecule has 2 unspecified atom stereocenters. The number of nitrogen functional groups attached to an aromatic ring is 1. The number of ether oxygens (including phenoxy) is 1. The van der Waals surface area contributed by atoms with Crippen LogP contribution in [0.4, 0.5) is 23.5 Å². The summed E-state index contributed by atoms with van der Waals surface area (Å²) < 4.78 is 59.0. The molecule has 0 aliphatic carbocycles. The molecule has 5 N–H and O–H groups in total. The van der Waals surface area contributed by atoms with E-state index < -0.39 is 41.6 Å². The fourth-order valence-corrected chi connectivity index (χ4v) is 2.72. The first-order chi connectivity index (χ1) is 15.4. The first-order valence-corrected chi connectivity index (χ1v) is 9.52. The van der Waals surface area contributed by atoms with Crippen LogP contribution in [0.25, 0.3) is 11.3 Å². The maximum Gasteiger partial charge on any atom is 0.429 e. The van der Waals surface area contributed by atoms with Gasteiger partial charge in [-0.05, 0) is 25.0 Å². The van der Waals surface area contributed by atoms with Crippen molar-refractivity contribution in [2.24, 2.45) is 5.73 Å². The number of carboxylic acid groups (broad SMARTS) is 1. The molecule has 33 heavy (non-hydrogen) atoms. The summed E-state index contributed by atoms with van der Waals surface area (Å²) >= 11 is 0. The number of hydrogen-bond acceptors (Lipinski definition) is 6. The highest BCUT2D eigenvalue weighted by Crippen LogP contribution is 2.31. The number of nitrogens with two attached hydrogens (primary N) is 2. The second-order valence-corrected chi connectivity index (χ2v) is 6.96. The third-order valence-electron chi connectivity index (χ3n) is 4.32. The molecule has 0 aliphatic heterocycles. The molecule has 0 amide bonds. The van der Waals surface area contributed by atoms with Crippen molar-refractivity contribution in [1.29, 1.82) is 0 Å². The lowest BCUT2D eigenvalue weighted by Gasteiger charge is -2.22. The van der Waals surface area contributed by atoms with E-state index in [0.717, 1.165) is 25.2 Å². The Labute approximate surface area is 187 Å². The van der Waals surface area contributed by atoms with Crippen LogP contribution in [-0.4, -0.2) is 39.4 Å². The highest BCUT2D eigenvalue weighted by Gasteiger charge is 2.44. The van der Waals surface area contributed by atoms with E-state index >= 15 is 0 Å². The first kappa shape index (κ1) is 25.5. The first-order valence-electron chi connectivity index (χ1n) is 9.52. The highest BCUT2D eigenvalue weighted by atomic mass is 19.4. The minimum Gasteiger partial charge on any atom is -0.480 e. The summed E-state index contributed by atoms with van der Waals surface area (Å²) in [5.41, 5.74) is 12.0. The van der Waals surface area contributed by atoms with Crippen molar-refractivity contribution in [2.75, 3.05) is 5.73 Å². The smallest absolute Gasteiger partial charge is 0.429 e. The van der Waals surface area contributed by atoms with Crippen LogP contribution in [-0.2, 0) is 11.2 Å². The summed E-state index contributed by atoms with van der Waals surface area (Å²) in [6.07, 6.45) is -4.57. The largest absolute Gasteiger partial charge is 0.480 e. The van der Waals surface area contributed by atoms with Gasteiger partial charge in [0, 0.05) is 17.2 Å². The molecule has 0 fully saturated rings. The van der Waals surface area contributed by atoms with Gasteiger partial charge in [0.25, 0.3) is 0 Å². The molecule has 1 heterocycles. The zero-order valence-corrected chi connectivity index (χ0v) is 17.5. The number of rotatable bonds is 9. The Morgan fingerprint density at radius 2 is 1.88 bits per heavy atom. The average Bonchev–Trinajstić information content (AvgIpc) is 2.72. The molecule has 2 rings (SSSR count). The van der Waals surface area contributed by atoms with Gasteiger partial charge in [-0.1, -0.05) is 43.0 Å². The third kappa shape index (κ3) is 7.42. The standard InChI is InChI=1S/C22H22F4N4O3/c1-3-14(7-4-12(2)23)19(22(24,25)26)33-18-11-17(29-21(28)30-18)15-8-5-13(6-9-15)10-16(27)20(31)32/h3-9,11,16,19H,1,10,27H2,2H3,(H,31,32)(H2,28,29,30)/b12-4+,14-7+. The van der Waals surface area contributed by atoms with Crippen LogP contribution < -0.4 is 16.2 Å². The van der Waals surface area contributed by atoms with Crippen molar-refractivity contribution < 1.29 is 32.2 Å². The van der Waals surface area contributed by atoms with E-state index in [9.17, 15) is 22.4 Å². The summed E-state index contributed by atoms with van der Waals surface area (Å²) in [6, 6.07) is 6.48. The van der Waals surface area contributed by atoms with Crippen LogP contribution in [0.15, 0.2) is 66.5 Å². The Morgan fingerprint density at radius 1 is 1.24 bits per heavy atom. The number of hydrogen-bond donors (Lipinski definition) is 3. The van der Waals surface area contributed by atoms with Gasteiger partial charge in [-0.25, -0.2) is 9.37 Å². The zero-order valence-electron chi connectivity index (χ0n) is 17.5. The van der Waals surface area contributed by atoms with E-state index in [0.29, 0.717) is 11.1 Å². The number of carbonyl (C=O) groups is 1. The van der Waals surface area contributed by atoms with Crippen molar-refractivity contribution in [3.05, 3.63) is 72.1 Å². The minimum absolute atomic E-state index is 0.0899. The van der Waals surface area contributed by atoms with E-state index in [4.69, 9.17) is 21.3 Å². The molecule has 1 aromatic carbocycles. The summed E-state index contributed by atoms with van der Waals surface area (Å²) in [5.74, 6) is -2.63. The van der Waals surface area contributed by atoms with E-state index in [1.807, 2.05) is 0 Å². The summed E-state index contributed by atoms with van der Waals surface area (Å²) in [4.78, 5) is 18.6.